The van der Waals surface area contributed by atoms with Crippen molar-refractivity contribution < 1.29 is 14.3 Å². The maximum absolute atomic E-state index is 12.5. The van der Waals surface area contributed by atoms with Crippen LogP contribution in [0.2, 0.25) is 0 Å². The molecule has 5 heteroatoms. The third kappa shape index (κ3) is 3.85. The standard InChI is InChI=1S/C24H30N2O3/c27-23-8-4-7-21-18-13-19(16-26(21)23)22-14-20(11-12-25(22)15-18)29-24(28)10-9-17-5-2-1-3-6-17/h1-3,5-6,9-10,18-22H,4,7-8,11-16H2/t18-,19-,20-,21+,22-/m0/s1. The van der Waals surface area contributed by atoms with Gasteiger partial charge in [0.1, 0.15) is 6.10 Å². The smallest absolute Gasteiger partial charge is 0.331 e. The largest absolute Gasteiger partial charge is 0.459 e. The van der Waals surface area contributed by atoms with E-state index in [9.17, 15) is 9.59 Å². The fourth-order valence-electron chi connectivity index (χ4n) is 6.09. The molecule has 5 atom stereocenters. The van der Waals surface area contributed by atoms with Gasteiger partial charge in [0.2, 0.25) is 5.91 Å². The minimum atomic E-state index is -0.254. The Kier molecular flexibility index (Phi) is 5.17. The summed E-state index contributed by atoms with van der Waals surface area (Å²) >= 11 is 0. The summed E-state index contributed by atoms with van der Waals surface area (Å²) < 4.78 is 5.79. The van der Waals surface area contributed by atoms with Gasteiger partial charge in [-0.1, -0.05) is 30.3 Å². The van der Waals surface area contributed by atoms with Gasteiger partial charge in [-0.05, 0) is 49.2 Å². The van der Waals surface area contributed by atoms with E-state index >= 15 is 0 Å². The zero-order valence-electron chi connectivity index (χ0n) is 16.9. The zero-order valence-corrected chi connectivity index (χ0v) is 16.9. The van der Waals surface area contributed by atoms with Crippen LogP contribution in [0.15, 0.2) is 36.4 Å². The lowest BCUT2D eigenvalue weighted by molar-refractivity contribution is -0.155. The molecule has 1 aromatic carbocycles. The summed E-state index contributed by atoms with van der Waals surface area (Å²) in [5.41, 5.74) is 1.00. The number of piperidine rings is 4. The van der Waals surface area contributed by atoms with Crippen LogP contribution in [0.25, 0.3) is 6.08 Å². The van der Waals surface area contributed by atoms with Gasteiger partial charge in [0, 0.05) is 50.6 Å². The lowest BCUT2D eigenvalue weighted by atomic mass is 9.70. The Labute approximate surface area is 172 Å². The Bertz CT molecular complexity index is 793. The fraction of sp³-hybridized carbons (Fsp3) is 0.583. The number of ether oxygens (including phenoxy) is 1. The van der Waals surface area contributed by atoms with Crippen molar-refractivity contribution in [1.29, 1.82) is 0 Å². The predicted molar refractivity (Wildman–Crippen MR) is 111 cm³/mol. The third-order valence-electron chi connectivity index (χ3n) is 7.41. The molecule has 4 aliphatic heterocycles. The van der Waals surface area contributed by atoms with Gasteiger partial charge in [-0.15, -0.1) is 0 Å². The van der Waals surface area contributed by atoms with Gasteiger partial charge in [0.25, 0.3) is 0 Å². The van der Waals surface area contributed by atoms with Crippen LogP contribution in [0.1, 0.15) is 44.1 Å². The van der Waals surface area contributed by atoms with Crippen LogP contribution < -0.4 is 0 Å². The molecule has 5 rings (SSSR count). The molecule has 4 saturated heterocycles. The van der Waals surface area contributed by atoms with Crippen molar-refractivity contribution in [2.45, 2.75) is 56.7 Å². The molecule has 0 aromatic heterocycles. The quantitative estimate of drug-likeness (QED) is 0.584. The van der Waals surface area contributed by atoms with Gasteiger partial charge in [-0.3, -0.25) is 9.69 Å². The summed E-state index contributed by atoms with van der Waals surface area (Å²) in [5.74, 6) is 1.25. The second-order valence-corrected chi connectivity index (χ2v) is 9.15. The second kappa shape index (κ2) is 7.94. The van der Waals surface area contributed by atoms with E-state index in [4.69, 9.17) is 4.74 Å². The Morgan fingerprint density at radius 3 is 2.72 bits per heavy atom. The number of carbonyl (C=O) groups excluding carboxylic acids is 2. The molecule has 4 heterocycles. The number of benzene rings is 1. The minimum absolute atomic E-state index is 0.0181. The molecule has 1 aromatic rings. The van der Waals surface area contributed by atoms with Crippen molar-refractivity contribution in [1.82, 2.24) is 9.80 Å². The molecule has 0 N–H and O–H groups in total. The monoisotopic (exact) mass is 394 g/mol. The van der Waals surface area contributed by atoms with E-state index in [1.54, 1.807) is 0 Å². The van der Waals surface area contributed by atoms with Crippen LogP contribution in [-0.2, 0) is 14.3 Å². The van der Waals surface area contributed by atoms with Crippen LogP contribution in [0.5, 0.6) is 0 Å². The number of amides is 1. The highest BCUT2D eigenvalue weighted by atomic mass is 16.5. The maximum Gasteiger partial charge on any atom is 0.331 e. The minimum Gasteiger partial charge on any atom is -0.459 e. The summed E-state index contributed by atoms with van der Waals surface area (Å²) in [6.45, 7) is 3.00. The second-order valence-electron chi connectivity index (χ2n) is 9.15. The molecule has 154 valence electrons. The number of hydrogen-bond acceptors (Lipinski definition) is 4. The van der Waals surface area contributed by atoms with E-state index in [0.29, 0.717) is 29.8 Å². The van der Waals surface area contributed by atoms with Gasteiger partial charge in [-0.2, -0.15) is 0 Å². The highest BCUT2D eigenvalue weighted by molar-refractivity contribution is 5.87. The SMILES string of the molecule is O=C(C=Cc1ccccc1)O[C@H]1CCN2C[C@@H]3C[C@@H](CN4C(=O)CCC[C@H]34)[C@@H]2C1. The van der Waals surface area contributed by atoms with Crippen molar-refractivity contribution in [3.8, 4) is 0 Å². The first-order chi connectivity index (χ1) is 14.2. The highest BCUT2D eigenvalue weighted by Gasteiger charge is 2.49. The number of fused-ring (bicyclic) bond motifs is 6. The zero-order chi connectivity index (χ0) is 19.8. The molecule has 0 unspecified atom stereocenters. The molecule has 0 spiro atoms. The average Bonchev–Trinajstić information content (AvgIpc) is 2.74. The summed E-state index contributed by atoms with van der Waals surface area (Å²) in [7, 11) is 0. The van der Waals surface area contributed by atoms with Gasteiger partial charge < -0.3 is 9.64 Å². The maximum atomic E-state index is 12.5. The van der Waals surface area contributed by atoms with E-state index in [2.05, 4.69) is 9.80 Å². The van der Waals surface area contributed by atoms with Gasteiger partial charge in [0.15, 0.2) is 0 Å². The number of rotatable bonds is 3. The van der Waals surface area contributed by atoms with Crippen LogP contribution in [-0.4, -0.2) is 59.5 Å². The number of hydrogen-bond donors (Lipinski definition) is 0. The topological polar surface area (TPSA) is 49.9 Å². The van der Waals surface area contributed by atoms with Crippen LogP contribution in [0.4, 0.5) is 0 Å². The number of esters is 1. The molecular formula is C24H30N2O3. The molecule has 4 aliphatic rings. The van der Waals surface area contributed by atoms with E-state index in [0.717, 1.165) is 50.9 Å². The molecule has 1 amide bonds. The van der Waals surface area contributed by atoms with Crippen molar-refractivity contribution in [3.63, 3.8) is 0 Å². The summed E-state index contributed by atoms with van der Waals surface area (Å²) in [4.78, 5) is 29.6. The molecule has 4 fully saturated rings. The third-order valence-corrected chi connectivity index (χ3v) is 7.41. The molecule has 29 heavy (non-hydrogen) atoms. The highest BCUT2D eigenvalue weighted by Crippen LogP contribution is 2.43. The van der Waals surface area contributed by atoms with Crippen molar-refractivity contribution in [2.75, 3.05) is 19.6 Å². The first-order valence-electron chi connectivity index (χ1n) is 11.1. The van der Waals surface area contributed by atoms with Crippen LogP contribution in [0, 0.1) is 11.8 Å². The summed E-state index contributed by atoms with van der Waals surface area (Å²) in [6.07, 6.45) is 9.32. The van der Waals surface area contributed by atoms with Crippen molar-refractivity contribution >= 4 is 18.0 Å². The lowest BCUT2D eigenvalue weighted by Crippen LogP contribution is -2.65. The van der Waals surface area contributed by atoms with Crippen molar-refractivity contribution in [3.05, 3.63) is 42.0 Å². The molecule has 5 nitrogen and oxygen atoms in total. The fourth-order valence-corrected chi connectivity index (χ4v) is 6.09. The van der Waals surface area contributed by atoms with Gasteiger partial charge in [0.05, 0.1) is 0 Å². The molecule has 0 saturated carbocycles. The van der Waals surface area contributed by atoms with E-state index in [-0.39, 0.29) is 12.1 Å². The Balaban J connectivity index is 1.21. The Hall–Kier alpha value is -2.14. The molecule has 0 aliphatic carbocycles. The normalized spacial score (nSPS) is 34.6. The molecule has 2 bridgehead atoms. The van der Waals surface area contributed by atoms with Gasteiger partial charge >= 0.3 is 5.97 Å². The number of carbonyl (C=O) groups is 2. The average molecular weight is 395 g/mol. The van der Waals surface area contributed by atoms with Gasteiger partial charge in [-0.25, -0.2) is 4.79 Å². The van der Waals surface area contributed by atoms with Crippen LogP contribution in [0.3, 0.4) is 0 Å². The van der Waals surface area contributed by atoms with E-state index in [1.165, 1.54) is 18.9 Å². The van der Waals surface area contributed by atoms with Crippen LogP contribution >= 0.6 is 0 Å². The van der Waals surface area contributed by atoms with Crippen molar-refractivity contribution in [2.24, 2.45) is 11.8 Å². The first-order valence-corrected chi connectivity index (χ1v) is 11.1. The lowest BCUT2D eigenvalue weighted by Gasteiger charge is -2.57. The Morgan fingerprint density at radius 2 is 1.86 bits per heavy atom. The first kappa shape index (κ1) is 18.9. The van der Waals surface area contributed by atoms with E-state index < -0.39 is 0 Å². The predicted octanol–water partition coefficient (Wildman–Crippen LogP) is 3.11. The number of nitrogens with zero attached hydrogens (tertiary/aromatic N) is 2. The summed E-state index contributed by atoms with van der Waals surface area (Å²) in [5, 5.41) is 0. The van der Waals surface area contributed by atoms with E-state index in [1.807, 2.05) is 36.4 Å². The molecule has 0 radical (unpaired) electrons. The Morgan fingerprint density at radius 1 is 1.03 bits per heavy atom. The molecular weight excluding hydrogens is 364 g/mol. The summed E-state index contributed by atoms with van der Waals surface area (Å²) in [6, 6.07) is 10.7.